The van der Waals surface area contributed by atoms with Crippen molar-refractivity contribution < 1.29 is 24.0 Å². The van der Waals surface area contributed by atoms with E-state index in [-0.39, 0.29) is 24.1 Å². The van der Waals surface area contributed by atoms with Crippen LogP contribution in [0.4, 0.5) is 10.1 Å². The lowest BCUT2D eigenvalue weighted by molar-refractivity contribution is -0.385. The molecule has 118 valence electrons. The molecule has 1 aromatic carbocycles. The second-order valence-corrected chi connectivity index (χ2v) is 5.35. The van der Waals surface area contributed by atoms with Crippen LogP contribution in [0.15, 0.2) is 12.1 Å². The molecule has 0 saturated carbocycles. The van der Waals surface area contributed by atoms with E-state index in [0.29, 0.717) is 0 Å². The number of rotatable bonds is 3. The van der Waals surface area contributed by atoms with Gasteiger partial charge in [-0.05, 0) is 32.4 Å². The number of hydrogen-bond donors (Lipinski definition) is 1. The van der Waals surface area contributed by atoms with Gasteiger partial charge < -0.3 is 10.0 Å². The van der Waals surface area contributed by atoms with E-state index in [1.807, 2.05) is 0 Å². The lowest BCUT2D eigenvalue weighted by atomic mass is 10.0. The predicted octanol–water partition coefficient (Wildman–Crippen LogP) is 1.98. The van der Waals surface area contributed by atoms with Gasteiger partial charge in [0.1, 0.15) is 11.4 Å². The summed E-state index contributed by atoms with van der Waals surface area (Å²) in [6.07, 6.45) is 0.268. The maximum absolute atomic E-state index is 13.5. The summed E-state index contributed by atoms with van der Waals surface area (Å²) in [4.78, 5) is 35.3. The molecule has 1 aromatic rings. The van der Waals surface area contributed by atoms with Gasteiger partial charge in [0.15, 0.2) is 0 Å². The monoisotopic (exact) mass is 310 g/mol. The third-order valence-electron chi connectivity index (χ3n) is 4.01. The molecule has 0 aromatic heterocycles. The number of likely N-dealkylation sites (tertiary alicyclic amines) is 1. The predicted molar refractivity (Wildman–Crippen MR) is 74.0 cm³/mol. The molecule has 0 bridgehead atoms. The highest BCUT2D eigenvalue weighted by molar-refractivity contribution is 5.99. The van der Waals surface area contributed by atoms with Gasteiger partial charge in [0.2, 0.25) is 0 Å². The fraction of sp³-hybridized carbons (Fsp3) is 0.429. The molecule has 1 fully saturated rings. The largest absolute Gasteiger partial charge is 0.481 e. The van der Waals surface area contributed by atoms with Gasteiger partial charge in [-0.2, -0.15) is 0 Å². The fourth-order valence-electron chi connectivity index (χ4n) is 2.85. The average Bonchev–Trinajstić information content (AvgIpc) is 2.78. The number of carbonyl (C=O) groups is 2. The first-order chi connectivity index (χ1) is 10.2. The van der Waals surface area contributed by atoms with Crippen LogP contribution in [-0.2, 0) is 4.79 Å². The van der Waals surface area contributed by atoms with E-state index in [4.69, 9.17) is 5.11 Å². The van der Waals surface area contributed by atoms with Crippen molar-refractivity contribution in [2.24, 2.45) is 5.92 Å². The molecule has 1 aliphatic heterocycles. The second-order valence-electron chi connectivity index (χ2n) is 5.35. The van der Waals surface area contributed by atoms with E-state index >= 15 is 0 Å². The number of hydrogen-bond acceptors (Lipinski definition) is 4. The zero-order valence-electron chi connectivity index (χ0n) is 12.1. The highest BCUT2D eigenvalue weighted by Crippen LogP contribution is 2.31. The molecular formula is C14H15FN2O5. The van der Waals surface area contributed by atoms with Crippen molar-refractivity contribution in [3.05, 3.63) is 39.2 Å². The maximum Gasteiger partial charge on any atom is 0.308 e. The van der Waals surface area contributed by atoms with Crippen LogP contribution in [0.5, 0.6) is 0 Å². The second kappa shape index (κ2) is 5.70. The van der Waals surface area contributed by atoms with Gasteiger partial charge in [0.05, 0.1) is 10.8 Å². The number of nitro benzene ring substituents is 1. The number of carbonyl (C=O) groups excluding carboxylic acids is 1. The third kappa shape index (κ3) is 2.63. The highest BCUT2D eigenvalue weighted by Gasteiger charge is 2.40. The molecule has 2 rings (SSSR count). The summed E-state index contributed by atoms with van der Waals surface area (Å²) in [6.45, 7) is 3.09. The highest BCUT2D eigenvalue weighted by atomic mass is 19.1. The zero-order valence-corrected chi connectivity index (χ0v) is 12.1. The topological polar surface area (TPSA) is 101 Å². The van der Waals surface area contributed by atoms with Gasteiger partial charge in [-0.25, -0.2) is 4.39 Å². The van der Waals surface area contributed by atoms with E-state index in [0.717, 1.165) is 12.1 Å². The van der Waals surface area contributed by atoms with Crippen LogP contribution in [0, 0.1) is 28.8 Å². The van der Waals surface area contributed by atoms with Gasteiger partial charge in [0.25, 0.3) is 11.6 Å². The number of carboxylic acid groups (broad SMARTS) is 1. The molecule has 0 spiro atoms. The number of carboxylic acids is 1. The molecule has 1 N–H and O–H groups in total. The molecule has 2 unspecified atom stereocenters. The van der Waals surface area contributed by atoms with Crippen molar-refractivity contribution in [1.82, 2.24) is 4.90 Å². The molecule has 1 heterocycles. The normalized spacial score (nSPS) is 21.0. The Balaban J connectivity index is 2.43. The molecule has 1 aliphatic rings. The molecule has 1 amide bonds. The Morgan fingerprint density at radius 1 is 1.45 bits per heavy atom. The molecule has 2 atom stereocenters. The SMILES string of the molecule is Cc1cc(F)cc(C(=O)N2CCC(C(=O)O)C2C)c1[N+](=O)[O-]. The van der Waals surface area contributed by atoms with Crippen molar-refractivity contribution in [1.29, 1.82) is 0 Å². The Hall–Kier alpha value is -2.51. The quantitative estimate of drug-likeness (QED) is 0.679. The smallest absolute Gasteiger partial charge is 0.308 e. The van der Waals surface area contributed by atoms with Crippen LogP contribution in [0.3, 0.4) is 0 Å². The minimum atomic E-state index is -1.02. The number of nitro groups is 1. The molecular weight excluding hydrogens is 295 g/mol. The van der Waals surface area contributed by atoms with Gasteiger partial charge in [-0.3, -0.25) is 19.7 Å². The van der Waals surface area contributed by atoms with Crippen LogP contribution in [0.25, 0.3) is 0 Å². The van der Waals surface area contributed by atoms with Crippen molar-refractivity contribution >= 4 is 17.6 Å². The summed E-state index contributed by atoms with van der Waals surface area (Å²) < 4.78 is 13.5. The Morgan fingerprint density at radius 3 is 2.59 bits per heavy atom. The number of aryl methyl sites for hydroxylation is 1. The summed E-state index contributed by atoms with van der Waals surface area (Å²) in [5.41, 5.74) is -0.743. The van der Waals surface area contributed by atoms with Crippen molar-refractivity contribution in [2.75, 3.05) is 6.54 Å². The van der Waals surface area contributed by atoms with E-state index in [2.05, 4.69) is 0 Å². The molecule has 7 nitrogen and oxygen atoms in total. The first-order valence-corrected chi connectivity index (χ1v) is 6.72. The lowest BCUT2D eigenvalue weighted by Crippen LogP contribution is -2.38. The molecule has 8 heteroatoms. The Morgan fingerprint density at radius 2 is 2.09 bits per heavy atom. The zero-order chi connectivity index (χ0) is 16.6. The van der Waals surface area contributed by atoms with E-state index in [1.54, 1.807) is 6.92 Å². The Labute approximate surface area is 125 Å². The van der Waals surface area contributed by atoms with Gasteiger partial charge in [-0.15, -0.1) is 0 Å². The number of amides is 1. The maximum atomic E-state index is 13.5. The van der Waals surface area contributed by atoms with Crippen LogP contribution < -0.4 is 0 Å². The van der Waals surface area contributed by atoms with Crippen molar-refractivity contribution in [3.8, 4) is 0 Å². The van der Waals surface area contributed by atoms with E-state index in [1.165, 1.54) is 11.8 Å². The average molecular weight is 310 g/mol. The molecule has 1 saturated heterocycles. The number of nitrogens with zero attached hydrogens (tertiary/aromatic N) is 2. The van der Waals surface area contributed by atoms with Gasteiger partial charge in [-0.1, -0.05) is 0 Å². The minimum absolute atomic E-state index is 0.0509. The Bertz CT molecular complexity index is 661. The summed E-state index contributed by atoms with van der Waals surface area (Å²) in [7, 11) is 0. The lowest BCUT2D eigenvalue weighted by Gasteiger charge is -2.23. The van der Waals surface area contributed by atoms with Crippen molar-refractivity contribution in [3.63, 3.8) is 0 Å². The first-order valence-electron chi connectivity index (χ1n) is 6.72. The van der Waals surface area contributed by atoms with E-state index in [9.17, 15) is 24.1 Å². The molecule has 22 heavy (non-hydrogen) atoms. The van der Waals surface area contributed by atoms with Gasteiger partial charge >= 0.3 is 5.97 Å². The minimum Gasteiger partial charge on any atom is -0.481 e. The summed E-state index contributed by atoms with van der Waals surface area (Å²) in [6, 6.07) is 1.21. The van der Waals surface area contributed by atoms with Crippen molar-refractivity contribution in [2.45, 2.75) is 26.3 Å². The standard InChI is InChI=1S/C14H15FN2O5/c1-7-5-9(15)6-11(12(7)17(21)22)13(18)16-4-3-10(8(16)2)14(19)20/h5-6,8,10H,3-4H2,1-2H3,(H,19,20). The number of benzene rings is 1. The van der Waals surface area contributed by atoms with Crippen LogP contribution in [-0.4, -0.2) is 39.4 Å². The van der Waals surface area contributed by atoms with E-state index < -0.39 is 40.3 Å². The number of halogens is 1. The van der Waals surface area contributed by atoms with Crippen LogP contribution in [0.2, 0.25) is 0 Å². The summed E-state index contributed by atoms with van der Waals surface area (Å²) >= 11 is 0. The number of aliphatic carboxylic acids is 1. The van der Waals surface area contributed by atoms with Crippen LogP contribution >= 0.6 is 0 Å². The molecule has 0 radical (unpaired) electrons. The molecule has 0 aliphatic carbocycles. The van der Waals surface area contributed by atoms with Gasteiger partial charge in [0, 0.05) is 18.2 Å². The third-order valence-corrected chi connectivity index (χ3v) is 4.01. The Kier molecular flexibility index (Phi) is 4.11. The summed E-state index contributed by atoms with van der Waals surface area (Å²) in [5, 5.41) is 20.2. The fourth-order valence-corrected chi connectivity index (χ4v) is 2.85. The first kappa shape index (κ1) is 15.9. The summed E-state index contributed by atoms with van der Waals surface area (Å²) in [5.74, 6) is -3.20. The van der Waals surface area contributed by atoms with Crippen LogP contribution in [0.1, 0.15) is 29.3 Å².